The number of carbonyl (C=O) groups is 1. The highest BCUT2D eigenvalue weighted by Crippen LogP contribution is 2.17. The Hall–Kier alpha value is -1.81. The van der Waals surface area contributed by atoms with Crippen LogP contribution in [-0.4, -0.2) is 45.1 Å². The second-order valence-corrected chi connectivity index (χ2v) is 5.89. The normalized spacial score (nSPS) is 12.0. The van der Waals surface area contributed by atoms with Gasteiger partial charge in [0.15, 0.2) is 6.61 Å². The van der Waals surface area contributed by atoms with Crippen molar-refractivity contribution in [3.8, 4) is 5.75 Å². The lowest BCUT2D eigenvalue weighted by atomic mass is 10.3. The van der Waals surface area contributed by atoms with Crippen LogP contribution in [0.5, 0.6) is 5.75 Å². The van der Waals surface area contributed by atoms with Crippen LogP contribution >= 0.6 is 0 Å². The number of hydrogen-bond donors (Lipinski definition) is 1. The molecule has 0 saturated heterocycles. The summed E-state index contributed by atoms with van der Waals surface area (Å²) in [4.78, 5) is 12.1. The summed E-state index contributed by atoms with van der Waals surface area (Å²) in [7, 11) is -3.84. The van der Waals surface area contributed by atoms with Crippen LogP contribution in [0, 0.1) is 0 Å². The van der Waals surface area contributed by atoms with Crippen molar-refractivity contribution in [1.29, 1.82) is 0 Å². The van der Waals surface area contributed by atoms with Gasteiger partial charge in [-0.05, 0) is 31.2 Å². The molecule has 1 aromatic rings. The summed E-state index contributed by atoms with van der Waals surface area (Å²) in [6.07, 6.45) is -4.48. The first-order chi connectivity index (χ1) is 10.0. The maximum atomic E-state index is 12.3. The number of halogens is 3. The number of carbonyl (C=O) groups excluding carboxylic acids is 1. The molecule has 2 N–H and O–H groups in total. The minimum absolute atomic E-state index is 0.105. The van der Waals surface area contributed by atoms with E-state index < -0.39 is 35.3 Å². The zero-order chi connectivity index (χ0) is 17.0. The van der Waals surface area contributed by atoms with Gasteiger partial charge >= 0.3 is 6.18 Å². The van der Waals surface area contributed by atoms with Gasteiger partial charge in [-0.15, -0.1) is 0 Å². The van der Waals surface area contributed by atoms with Gasteiger partial charge in [-0.3, -0.25) is 4.79 Å². The van der Waals surface area contributed by atoms with E-state index in [9.17, 15) is 26.4 Å². The molecular formula is C12H15F3N2O4S. The molecule has 0 saturated carbocycles. The van der Waals surface area contributed by atoms with Gasteiger partial charge < -0.3 is 9.64 Å². The molecule has 10 heteroatoms. The smallest absolute Gasteiger partial charge is 0.406 e. The second-order valence-electron chi connectivity index (χ2n) is 4.33. The molecule has 0 aliphatic carbocycles. The Bertz CT molecular complexity index is 614. The predicted octanol–water partition coefficient (Wildman–Crippen LogP) is 1.12. The van der Waals surface area contributed by atoms with Crippen molar-refractivity contribution in [2.75, 3.05) is 19.7 Å². The van der Waals surface area contributed by atoms with E-state index in [2.05, 4.69) is 0 Å². The number of amides is 1. The van der Waals surface area contributed by atoms with Crippen LogP contribution < -0.4 is 9.88 Å². The molecule has 0 unspecified atom stereocenters. The van der Waals surface area contributed by atoms with Gasteiger partial charge in [0.2, 0.25) is 10.0 Å². The van der Waals surface area contributed by atoms with Gasteiger partial charge in [0.05, 0.1) is 4.90 Å². The number of primary sulfonamides is 1. The highest BCUT2D eigenvalue weighted by Gasteiger charge is 2.32. The number of alkyl halides is 3. The van der Waals surface area contributed by atoms with Gasteiger partial charge in [-0.25, -0.2) is 13.6 Å². The van der Waals surface area contributed by atoms with Crippen LogP contribution in [0.4, 0.5) is 13.2 Å². The molecule has 1 rings (SSSR count). The van der Waals surface area contributed by atoms with Crippen molar-refractivity contribution in [2.45, 2.75) is 18.0 Å². The van der Waals surface area contributed by atoms with Crippen molar-refractivity contribution < 1.29 is 31.1 Å². The lowest BCUT2D eigenvalue weighted by Crippen LogP contribution is -2.41. The summed E-state index contributed by atoms with van der Waals surface area (Å²) in [6, 6.07) is 4.85. The number of ether oxygens (including phenoxy) is 1. The fourth-order valence-corrected chi connectivity index (χ4v) is 2.07. The largest absolute Gasteiger partial charge is 0.484 e. The number of sulfonamides is 1. The Morgan fingerprint density at radius 3 is 2.23 bits per heavy atom. The fraction of sp³-hybridized carbons (Fsp3) is 0.417. The Morgan fingerprint density at radius 2 is 1.82 bits per heavy atom. The number of rotatable bonds is 6. The van der Waals surface area contributed by atoms with Crippen LogP contribution in [0.15, 0.2) is 29.2 Å². The third kappa shape index (κ3) is 5.90. The molecule has 22 heavy (non-hydrogen) atoms. The van der Waals surface area contributed by atoms with Crippen LogP contribution in [0.25, 0.3) is 0 Å². The average Bonchev–Trinajstić information content (AvgIpc) is 2.40. The molecule has 124 valence electrons. The lowest BCUT2D eigenvalue weighted by Gasteiger charge is -2.22. The minimum Gasteiger partial charge on any atom is -0.484 e. The summed E-state index contributed by atoms with van der Waals surface area (Å²) in [5.74, 6) is -0.681. The van der Waals surface area contributed by atoms with E-state index in [1.165, 1.54) is 31.2 Å². The minimum atomic E-state index is -4.48. The first-order valence-electron chi connectivity index (χ1n) is 6.13. The van der Waals surface area contributed by atoms with Gasteiger partial charge in [-0.1, -0.05) is 0 Å². The number of hydrogen-bond acceptors (Lipinski definition) is 4. The molecule has 1 aromatic carbocycles. The van der Waals surface area contributed by atoms with Crippen molar-refractivity contribution in [3.63, 3.8) is 0 Å². The van der Waals surface area contributed by atoms with E-state index in [1.54, 1.807) is 0 Å². The average molecular weight is 340 g/mol. The molecular weight excluding hydrogens is 325 g/mol. The Morgan fingerprint density at radius 1 is 1.27 bits per heavy atom. The Labute approximate surface area is 125 Å². The number of nitrogens with two attached hydrogens (primary N) is 1. The van der Waals surface area contributed by atoms with Crippen LogP contribution in [0.2, 0.25) is 0 Å². The first-order valence-corrected chi connectivity index (χ1v) is 7.67. The van der Waals surface area contributed by atoms with Gasteiger partial charge in [0.25, 0.3) is 5.91 Å². The number of likely N-dealkylation sites (N-methyl/N-ethyl adjacent to an activating group) is 1. The summed E-state index contributed by atoms with van der Waals surface area (Å²) in [6.45, 7) is -0.620. The van der Waals surface area contributed by atoms with E-state index in [1.807, 2.05) is 0 Å². The SMILES string of the molecule is CCN(CC(F)(F)F)C(=O)COc1ccc(S(N)(=O)=O)cc1. The number of benzene rings is 1. The van der Waals surface area contributed by atoms with E-state index in [0.29, 0.717) is 4.90 Å². The van der Waals surface area contributed by atoms with Crippen molar-refractivity contribution in [3.05, 3.63) is 24.3 Å². The summed E-state index contributed by atoms with van der Waals surface area (Å²) in [5, 5.41) is 4.91. The predicted molar refractivity (Wildman–Crippen MR) is 71.6 cm³/mol. The highest BCUT2D eigenvalue weighted by molar-refractivity contribution is 7.89. The number of nitrogens with zero attached hydrogens (tertiary/aromatic N) is 1. The van der Waals surface area contributed by atoms with Crippen molar-refractivity contribution >= 4 is 15.9 Å². The molecule has 0 heterocycles. The third-order valence-corrected chi connectivity index (χ3v) is 3.55. The monoisotopic (exact) mass is 340 g/mol. The maximum absolute atomic E-state index is 12.3. The van der Waals surface area contributed by atoms with Crippen LogP contribution in [-0.2, 0) is 14.8 Å². The maximum Gasteiger partial charge on any atom is 0.406 e. The molecule has 0 radical (unpaired) electrons. The summed E-state index contributed by atoms with van der Waals surface area (Å²) < 4.78 is 63.9. The quantitative estimate of drug-likeness (QED) is 0.840. The van der Waals surface area contributed by atoms with E-state index in [-0.39, 0.29) is 17.2 Å². The van der Waals surface area contributed by atoms with Crippen molar-refractivity contribution in [2.24, 2.45) is 5.14 Å². The molecule has 0 aliphatic rings. The zero-order valence-electron chi connectivity index (χ0n) is 11.6. The standard InChI is InChI=1S/C12H15F3N2O4S/c1-2-17(8-12(13,14)15)11(18)7-21-9-3-5-10(6-4-9)22(16,19)20/h3-6H,2,7-8H2,1H3,(H2,16,19,20). The Kier molecular flexibility index (Phi) is 5.78. The lowest BCUT2D eigenvalue weighted by molar-refractivity contribution is -0.161. The van der Waals surface area contributed by atoms with Crippen molar-refractivity contribution in [1.82, 2.24) is 4.90 Å². The van der Waals surface area contributed by atoms with Gasteiger partial charge in [0, 0.05) is 6.54 Å². The van der Waals surface area contributed by atoms with Crippen LogP contribution in [0.3, 0.4) is 0 Å². The fourth-order valence-electron chi connectivity index (χ4n) is 1.55. The molecule has 0 aromatic heterocycles. The molecule has 0 aliphatic heterocycles. The van der Waals surface area contributed by atoms with Crippen LogP contribution in [0.1, 0.15) is 6.92 Å². The van der Waals surface area contributed by atoms with E-state index >= 15 is 0 Å². The summed E-state index contributed by atoms with van der Waals surface area (Å²) in [5.41, 5.74) is 0. The molecule has 6 nitrogen and oxygen atoms in total. The molecule has 0 atom stereocenters. The topological polar surface area (TPSA) is 89.7 Å². The van der Waals surface area contributed by atoms with Gasteiger partial charge in [0.1, 0.15) is 12.3 Å². The second kappa shape index (κ2) is 6.97. The van der Waals surface area contributed by atoms with E-state index in [0.717, 1.165) is 0 Å². The summed E-state index contributed by atoms with van der Waals surface area (Å²) >= 11 is 0. The van der Waals surface area contributed by atoms with Gasteiger partial charge in [-0.2, -0.15) is 13.2 Å². The molecule has 0 bridgehead atoms. The highest BCUT2D eigenvalue weighted by atomic mass is 32.2. The Balaban J connectivity index is 2.63. The first kappa shape index (κ1) is 18.2. The van der Waals surface area contributed by atoms with E-state index in [4.69, 9.17) is 9.88 Å². The molecule has 0 fully saturated rings. The molecule has 0 spiro atoms. The zero-order valence-corrected chi connectivity index (χ0v) is 12.4. The third-order valence-electron chi connectivity index (χ3n) is 2.62. The molecule has 1 amide bonds.